The molecule has 7 nitrogen and oxygen atoms in total. The highest BCUT2D eigenvalue weighted by Gasteiger charge is 2.38. The van der Waals surface area contributed by atoms with Crippen molar-refractivity contribution in [1.29, 1.82) is 0 Å². The van der Waals surface area contributed by atoms with Crippen molar-refractivity contribution in [3.8, 4) is 11.1 Å². The zero-order chi connectivity index (χ0) is 24.2. The number of alkyl carbamates (subject to hydrolysis) is 1. The normalized spacial score (nSPS) is 18.9. The number of nitrogens with zero attached hydrogens (tertiary/aromatic N) is 1. The van der Waals surface area contributed by atoms with Crippen molar-refractivity contribution < 1.29 is 24.2 Å². The molecule has 0 spiro atoms. The molecule has 2 aliphatic rings. The lowest BCUT2D eigenvalue weighted by Gasteiger charge is -2.31. The number of ether oxygens (including phenoxy) is 1. The topological polar surface area (TPSA) is 95.9 Å². The smallest absolute Gasteiger partial charge is 0.407 e. The van der Waals surface area contributed by atoms with Crippen LogP contribution in [0.4, 0.5) is 4.79 Å². The first-order chi connectivity index (χ1) is 16.4. The number of carboxylic acid groups (broad SMARTS) is 1. The zero-order valence-electron chi connectivity index (χ0n) is 19.7. The van der Waals surface area contributed by atoms with Crippen LogP contribution in [0.2, 0.25) is 0 Å². The fraction of sp³-hybridized carbons (Fsp3) is 0.444. The minimum Gasteiger partial charge on any atom is -0.481 e. The minimum absolute atomic E-state index is 0.0217. The number of nitrogens with one attached hydrogen (secondary N) is 1. The molecule has 0 radical (unpaired) electrons. The van der Waals surface area contributed by atoms with Gasteiger partial charge in [0.2, 0.25) is 5.91 Å². The molecule has 7 heteroatoms. The molecule has 2 N–H and O–H groups in total. The Labute approximate surface area is 200 Å². The minimum atomic E-state index is -0.932. The number of benzene rings is 2. The second-order valence-corrected chi connectivity index (χ2v) is 9.38. The molecule has 0 heterocycles. The number of carbonyl (C=O) groups excluding carboxylic acids is 2. The van der Waals surface area contributed by atoms with Crippen molar-refractivity contribution >= 4 is 18.0 Å². The van der Waals surface area contributed by atoms with Gasteiger partial charge in [0.05, 0.1) is 12.3 Å². The van der Waals surface area contributed by atoms with Gasteiger partial charge >= 0.3 is 12.1 Å². The van der Waals surface area contributed by atoms with Crippen molar-refractivity contribution in [3.63, 3.8) is 0 Å². The second-order valence-electron chi connectivity index (χ2n) is 9.38. The van der Waals surface area contributed by atoms with Crippen molar-refractivity contribution in [3.05, 3.63) is 59.7 Å². The number of aliphatic carboxylic acids is 1. The highest BCUT2D eigenvalue weighted by atomic mass is 16.5. The van der Waals surface area contributed by atoms with Gasteiger partial charge in [-0.1, -0.05) is 55.0 Å². The lowest BCUT2D eigenvalue weighted by molar-refractivity contribution is -0.141. The lowest BCUT2D eigenvalue weighted by Crippen LogP contribution is -2.48. The van der Waals surface area contributed by atoms with Gasteiger partial charge in [0, 0.05) is 24.5 Å². The Hall–Kier alpha value is -3.35. The quantitative estimate of drug-likeness (QED) is 0.604. The third-order valence-corrected chi connectivity index (χ3v) is 6.95. The van der Waals surface area contributed by atoms with E-state index in [0.29, 0.717) is 12.8 Å². The second kappa shape index (κ2) is 10.3. The molecule has 1 saturated carbocycles. The lowest BCUT2D eigenvalue weighted by atomic mass is 9.98. The summed E-state index contributed by atoms with van der Waals surface area (Å²) >= 11 is 0. The van der Waals surface area contributed by atoms with Gasteiger partial charge in [-0.15, -0.1) is 0 Å². The third-order valence-electron chi connectivity index (χ3n) is 6.95. The number of carboxylic acids is 1. The summed E-state index contributed by atoms with van der Waals surface area (Å²) in [6.07, 6.45) is 1.58. The maximum atomic E-state index is 13.2. The van der Waals surface area contributed by atoms with Crippen LogP contribution in [-0.2, 0) is 14.3 Å². The molecule has 0 bridgehead atoms. The van der Waals surface area contributed by atoms with Crippen LogP contribution in [0.5, 0.6) is 0 Å². The molecule has 34 heavy (non-hydrogen) atoms. The predicted molar refractivity (Wildman–Crippen MR) is 128 cm³/mol. The number of rotatable bonds is 8. The SMILES string of the molecule is CC(C)N(CCC(=O)O)C(=O)[C@H]1CCC[C@H]1NC(=O)OCC1c2ccccc2-c2ccccc21. The van der Waals surface area contributed by atoms with Crippen molar-refractivity contribution in [2.24, 2.45) is 5.92 Å². The van der Waals surface area contributed by atoms with Gasteiger partial charge in [-0.25, -0.2) is 4.79 Å². The Bertz CT molecular complexity index is 1020. The van der Waals surface area contributed by atoms with E-state index in [1.807, 2.05) is 38.1 Å². The number of carbonyl (C=O) groups is 3. The summed E-state index contributed by atoms with van der Waals surface area (Å²) in [6.45, 7) is 4.15. The maximum Gasteiger partial charge on any atom is 0.407 e. The summed E-state index contributed by atoms with van der Waals surface area (Å²) in [5.41, 5.74) is 4.64. The third kappa shape index (κ3) is 4.93. The molecule has 2 amide bonds. The van der Waals surface area contributed by atoms with Gasteiger partial charge < -0.3 is 20.1 Å². The highest BCUT2D eigenvalue weighted by molar-refractivity contribution is 5.82. The summed E-state index contributed by atoms with van der Waals surface area (Å²) in [5.74, 6) is -1.42. The number of hydrogen-bond acceptors (Lipinski definition) is 4. The Balaban J connectivity index is 1.38. The van der Waals surface area contributed by atoms with Gasteiger partial charge in [-0.3, -0.25) is 9.59 Å². The molecule has 2 atom stereocenters. The fourth-order valence-electron chi connectivity index (χ4n) is 5.27. The number of amides is 2. The van der Waals surface area contributed by atoms with Gasteiger partial charge in [0.25, 0.3) is 0 Å². The van der Waals surface area contributed by atoms with Crippen LogP contribution in [0.1, 0.15) is 56.6 Å². The molecular weight excluding hydrogens is 432 g/mol. The monoisotopic (exact) mass is 464 g/mol. The fourth-order valence-corrected chi connectivity index (χ4v) is 5.27. The standard InChI is InChI=1S/C27H32N2O5/c1-17(2)29(15-14-25(30)31)26(32)22-12-7-13-24(22)28-27(33)34-16-23-20-10-5-3-8-18(20)19-9-4-6-11-21(19)23/h3-6,8-11,17,22-24H,7,12-16H2,1-2H3,(H,28,33)(H,30,31)/t22-,24+/m0/s1. The van der Waals surface area contributed by atoms with E-state index < -0.39 is 12.1 Å². The molecular formula is C27H32N2O5. The van der Waals surface area contributed by atoms with E-state index >= 15 is 0 Å². The Morgan fingerprint density at radius 3 is 2.24 bits per heavy atom. The van der Waals surface area contributed by atoms with Gasteiger partial charge in [-0.05, 0) is 48.9 Å². The molecule has 0 unspecified atom stereocenters. The van der Waals surface area contributed by atoms with Crippen LogP contribution in [-0.4, -0.2) is 53.2 Å². The van der Waals surface area contributed by atoms with Crippen LogP contribution in [0.3, 0.4) is 0 Å². The van der Waals surface area contributed by atoms with E-state index in [2.05, 4.69) is 29.6 Å². The first kappa shape index (κ1) is 23.8. The van der Waals surface area contributed by atoms with E-state index in [1.165, 1.54) is 11.1 Å². The van der Waals surface area contributed by atoms with Gasteiger partial charge in [0.15, 0.2) is 0 Å². The largest absolute Gasteiger partial charge is 0.481 e. The first-order valence-electron chi connectivity index (χ1n) is 12.0. The van der Waals surface area contributed by atoms with Crippen LogP contribution < -0.4 is 5.32 Å². The summed E-state index contributed by atoms with van der Waals surface area (Å²) in [4.78, 5) is 38.5. The van der Waals surface area contributed by atoms with E-state index in [1.54, 1.807) is 4.90 Å². The average Bonchev–Trinajstić information content (AvgIpc) is 3.39. The molecule has 0 aliphatic heterocycles. The Morgan fingerprint density at radius 2 is 1.65 bits per heavy atom. The Morgan fingerprint density at radius 1 is 1.03 bits per heavy atom. The summed E-state index contributed by atoms with van der Waals surface area (Å²) in [7, 11) is 0. The van der Waals surface area contributed by atoms with E-state index in [0.717, 1.165) is 17.5 Å². The van der Waals surface area contributed by atoms with Gasteiger partial charge in [-0.2, -0.15) is 0 Å². The van der Waals surface area contributed by atoms with Crippen LogP contribution in [0.15, 0.2) is 48.5 Å². The zero-order valence-corrected chi connectivity index (χ0v) is 19.7. The van der Waals surface area contributed by atoms with Crippen molar-refractivity contribution in [1.82, 2.24) is 10.2 Å². The van der Waals surface area contributed by atoms with Crippen LogP contribution in [0, 0.1) is 5.92 Å². The van der Waals surface area contributed by atoms with Crippen LogP contribution >= 0.6 is 0 Å². The Kier molecular flexibility index (Phi) is 7.20. The molecule has 0 saturated heterocycles. The average molecular weight is 465 g/mol. The molecule has 4 rings (SSSR count). The predicted octanol–water partition coefficient (Wildman–Crippen LogP) is 4.41. The van der Waals surface area contributed by atoms with Crippen LogP contribution in [0.25, 0.3) is 11.1 Å². The molecule has 180 valence electrons. The van der Waals surface area contributed by atoms with E-state index in [9.17, 15) is 14.4 Å². The highest BCUT2D eigenvalue weighted by Crippen LogP contribution is 2.44. The van der Waals surface area contributed by atoms with Crippen molar-refractivity contribution in [2.75, 3.05) is 13.2 Å². The molecule has 1 fully saturated rings. The van der Waals surface area contributed by atoms with E-state index in [4.69, 9.17) is 9.84 Å². The number of hydrogen-bond donors (Lipinski definition) is 2. The molecule has 0 aromatic heterocycles. The summed E-state index contributed by atoms with van der Waals surface area (Å²) in [6, 6.07) is 15.9. The van der Waals surface area contributed by atoms with E-state index in [-0.39, 0.29) is 49.4 Å². The number of fused-ring (bicyclic) bond motifs is 3. The first-order valence-corrected chi connectivity index (χ1v) is 12.0. The summed E-state index contributed by atoms with van der Waals surface area (Å²) in [5, 5.41) is 11.9. The van der Waals surface area contributed by atoms with Gasteiger partial charge in [0.1, 0.15) is 6.61 Å². The molecule has 2 aliphatic carbocycles. The molecule has 2 aromatic carbocycles. The maximum absolute atomic E-state index is 13.2. The van der Waals surface area contributed by atoms with Crippen molar-refractivity contribution in [2.45, 2.75) is 57.5 Å². The summed E-state index contributed by atoms with van der Waals surface area (Å²) < 4.78 is 5.66. The molecule has 2 aromatic rings.